The highest BCUT2D eigenvalue weighted by atomic mass is 19.4. The molecule has 0 saturated carbocycles. The van der Waals surface area contributed by atoms with Crippen LogP contribution in [-0.4, -0.2) is 12.2 Å². The lowest BCUT2D eigenvalue weighted by molar-refractivity contribution is -0.159. The van der Waals surface area contributed by atoms with Gasteiger partial charge in [-0.15, -0.1) is 0 Å². The normalized spacial score (nSPS) is 14.3. The molecule has 84 valence electrons. The molecule has 1 nitrogen and oxygen atoms in total. The summed E-state index contributed by atoms with van der Waals surface area (Å²) in [7, 11) is 0. The minimum atomic E-state index is -4.26. The van der Waals surface area contributed by atoms with Gasteiger partial charge in [-0.2, -0.15) is 13.2 Å². The number of hydrogen-bond acceptors (Lipinski definition) is 1. The molecule has 0 saturated heterocycles. The summed E-state index contributed by atoms with van der Waals surface area (Å²) in [4.78, 5) is 0. The zero-order valence-electron chi connectivity index (χ0n) is 8.68. The van der Waals surface area contributed by atoms with Crippen molar-refractivity contribution < 1.29 is 13.2 Å². The molecule has 1 rings (SSSR count). The van der Waals surface area contributed by atoms with E-state index in [0.29, 0.717) is 0 Å². The maximum atomic E-state index is 12.7. The molecular formula is C11H14F3N. The third-order valence-electron chi connectivity index (χ3n) is 1.96. The first kappa shape index (κ1) is 12.0. The van der Waals surface area contributed by atoms with Gasteiger partial charge in [0, 0.05) is 6.04 Å². The Morgan fingerprint density at radius 2 is 1.60 bits per heavy atom. The fourth-order valence-corrected chi connectivity index (χ4v) is 1.36. The van der Waals surface area contributed by atoms with Gasteiger partial charge in [0.25, 0.3) is 0 Å². The van der Waals surface area contributed by atoms with Gasteiger partial charge in [0.2, 0.25) is 0 Å². The van der Waals surface area contributed by atoms with Crippen LogP contribution in [0, 0.1) is 0 Å². The van der Waals surface area contributed by atoms with Crippen LogP contribution >= 0.6 is 0 Å². The van der Waals surface area contributed by atoms with Gasteiger partial charge in [0.15, 0.2) is 0 Å². The van der Waals surface area contributed by atoms with Crippen molar-refractivity contribution in [3.05, 3.63) is 35.9 Å². The molecule has 0 fully saturated rings. The van der Waals surface area contributed by atoms with Crippen LogP contribution in [0.5, 0.6) is 0 Å². The number of benzene rings is 1. The Balaban J connectivity index is 2.92. The molecule has 0 aliphatic carbocycles. The maximum absolute atomic E-state index is 12.7. The molecule has 0 aromatic heterocycles. The fourth-order valence-electron chi connectivity index (χ4n) is 1.36. The van der Waals surface area contributed by atoms with Gasteiger partial charge in [0.1, 0.15) is 6.04 Å². The standard InChI is InChI=1S/C11H14F3N/c1-8(2)15-10(11(12,13)14)9-6-4-3-5-7-9/h3-8,10,15H,1-2H3/t10-/m0/s1. The zero-order chi connectivity index (χ0) is 11.5. The molecule has 1 N–H and O–H groups in total. The van der Waals surface area contributed by atoms with Crippen LogP contribution < -0.4 is 5.32 Å². The Morgan fingerprint density at radius 1 is 1.07 bits per heavy atom. The molecule has 0 spiro atoms. The second-order valence-electron chi connectivity index (χ2n) is 3.71. The second-order valence-corrected chi connectivity index (χ2v) is 3.71. The van der Waals surface area contributed by atoms with Gasteiger partial charge in [-0.05, 0) is 5.56 Å². The second kappa shape index (κ2) is 4.66. The smallest absolute Gasteiger partial charge is 0.300 e. The van der Waals surface area contributed by atoms with Gasteiger partial charge in [0.05, 0.1) is 0 Å². The van der Waals surface area contributed by atoms with E-state index in [1.165, 1.54) is 12.1 Å². The number of alkyl halides is 3. The fraction of sp³-hybridized carbons (Fsp3) is 0.455. The molecule has 1 aromatic carbocycles. The van der Waals surface area contributed by atoms with Gasteiger partial charge < -0.3 is 5.32 Å². The average molecular weight is 217 g/mol. The summed E-state index contributed by atoms with van der Waals surface area (Å²) < 4.78 is 38.1. The summed E-state index contributed by atoms with van der Waals surface area (Å²) in [5, 5.41) is 2.51. The highest BCUT2D eigenvalue weighted by Crippen LogP contribution is 2.32. The first-order valence-electron chi connectivity index (χ1n) is 4.79. The summed E-state index contributed by atoms with van der Waals surface area (Å²) in [5.41, 5.74) is 0.249. The van der Waals surface area contributed by atoms with Crippen LogP contribution in [0.3, 0.4) is 0 Å². The van der Waals surface area contributed by atoms with E-state index in [2.05, 4.69) is 5.32 Å². The molecule has 0 aliphatic heterocycles. The summed E-state index contributed by atoms with van der Waals surface area (Å²) in [6, 6.07) is 6.08. The molecule has 0 bridgehead atoms. The number of rotatable bonds is 3. The van der Waals surface area contributed by atoms with Crippen LogP contribution in [0.4, 0.5) is 13.2 Å². The highest BCUT2D eigenvalue weighted by Gasteiger charge is 2.40. The topological polar surface area (TPSA) is 12.0 Å². The first-order chi connectivity index (χ1) is 6.91. The third kappa shape index (κ3) is 3.55. The number of halogens is 3. The monoisotopic (exact) mass is 217 g/mol. The van der Waals surface area contributed by atoms with E-state index >= 15 is 0 Å². The van der Waals surface area contributed by atoms with Crippen molar-refractivity contribution in [3.8, 4) is 0 Å². The first-order valence-corrected chi connectivity index (χ1v) is 4.79. The van der Waals surface area contributed by atoms with E-state index < -0.39 is 12.2 Å². The van der Waals surface area contributed by atoms with E-state index in [4.69, 9.17) is 0 Å². The Bertz CT molecular complexity index is 292. The van der Waals surface area contributed by atoms with Crippen molar-refractivity contribution in [1.29, 1.82) is 0 Å². The Kier molecular flexibility index (Phi) is 3.74. The van der Waals surface area contributed by atoms with Crippen molar-refractivity contribution >= 4 is 0 Å². The van der Waals surface area contributed by atoms with Gasteiger partial charge in [-0.3, -0.25) is 0 Å². The summed E-state index contributed by atoms with van der Waals surface area (Å²) in [5.74, 6) is 0. The molecule has 0 amide bonds. The predicted molar refractivity (Wildman–Crippen MR) is 53.5 cm³/mol. The molecule has 1 aromatic rings. The molecule has 0 unspecified atom stereocenters. The number of hydrogen-bond donors (Lipinski definition) is 1. The average Bonchev–Trinajstić information content (AvgIpc) is 2.14. The van der Waals surface area contributed by atoms with Crippen LogP contribution in [0.2, 0.25) is 0 Å². The van der Waals surface area contributed by atoms with Crippen molar-refractivity contribution in [3.63, 3.8) is 0 Å². The molecule has 0 heterocycles. The van der Waals surface area contributed by atoms with E-state index in [1.807, 2.05) is 0 Å². The van der Waals surface area contributed by atoms with Crippen molar-refractivity contribution in [2.24, 2.45) is 0 Å². The van der Waals surface area contributed by atoms with E-state index in [0.717, 1.165) is 0 Å². The van der Waals surface area contributed by atoms with E-state index in [9.17, 15) is 13.2 Å². The molecule has 1 atom stereocenters. The van der Waals surface area contributed by atoms with E-state index in [1.54, 1.807) is 32.0 Å². The molecule has 0 aliphatic rings. The lowest BCUT2D eigenvalue weighted by atomic mass is 10.1. The van der Waals surface area contributed by atoms with Crippen LogP contribution in [0.25, 0.3) is 0 Å². The van der Waals surface area contributed by atoms with Gasteiger partial charge in [-0.1, -0.05) is 44.2 Å². The maximum Gasteiger partial charge on any atom is 0.407 e. The minimum Gasteiger partial charge on any atom is -0.300 e. The number of nitrogens with one attached hydrogen (secondary N) is 1. The van der Waals surface area contributed by atoms with Crippen LogP contribution in [-0.2, 0) is 0 Å². The molecule has 4 heteroatoms. The molecule has 15 heavy (non-hydrogen) atoms. The quantitative estimate of drug-likeness (QED) is 0.819. The highest BCUT2D eigenvalue weighted by molar-refractivity contribution is 5.20. The Labute approximate surface area is 87.3 Å². The molecule has 0 radical (unpaired) electrons. The molecular weight excluding hydrogens is 203 g/mol. The zero-order valence-corrected chi connectivity index (χ0v) is 8.68. The summed E-state index contributed by atoms with van der Waals surface area (Å²) >= 11 is 0. The summed E-state index contributed by atoms with van der Waals surface area (Å²) in [6.07, 6.45) is -4.26. The van der Waals surface area contributed by atoms with Crippen molar-refractivity contribution in [2.45, 2.75) is 32.1 Å². The Morgan fingerprint density at radius 3 is 2.00 bits per heavy atom. The lowest BCUT2D eigenvalue weighted by Gasteiger charge is -2.24. The minimum absolute atomic E-state index is 0.211. The van der Waals surface area contributed by atoms with Gasteiger partial charge in [-0.25, -0.2) is 0 Å². The Hall–Kier alpha value is -1.03. The van der Waals surface area contributed by atoms with Crippen LogP contribution in [0.15, 0.2) is 30.3 Å². The van der Waals surface area contributed by atoms with Crippen molar-refractivity contribution in [2.75, 3.05) is 0 Å². The van der Waals surface area contributed by atoms with Gasteiger partial charge >= 0.3 is 6.18 Å². The van der Waals surface area contributed by atoms with Crippen LogP contribution in [0.1, 0.15) is 25.5 Å². The van der Waals surface area contributed by atoms with E-state index in [-0.39, 0.29) is 11.6 Å². The largest absolute Gasteiger partial charge is 0.407 e. The SMILES string of the molecule is CC(C)N[C@@H](c1ccccc1)C(F)(F)F. The van der Waals surface area contributed by atoms with Crippen molar-refractivity contribution in [1.82, 2.24) is 5.32 Å². The third-order valence-corrected chi connectivity index (χ3v) is 1.96. The lowest BCUT2D eigenvalue weighted by Crippen LogP contribution is -2.38. The summed E-state index contributed by atoms with van der Waals surface area (Å²) in [6.45, 7) is 3.39. The predicted octanol–water partition coefficient (Wildman–Crippen LogP) is 3.29.